The Morgan fingerprint density at radius 1 is 1.23 bits per heavy atom. The van der Waals surface area contributed by atoms with Crippen molar-refractivity contribution in [1.29, 1.82) is 0 Å². The molecule has 132 valence electrons. The van der Waals surface area contributed by atoms with Crippen molar-refractivity contribution in [1.82, 2.24) is 5.32 Å². The van der Waals surface area contributed by atoms with Gasteiger partial charge < -0.3 is 15.1 Å². The first-order valence-electron chi connectivity index (χ1n) is 8.40. The number of carbonyl (C=O) groups is 2. The van der Waals surface area contributed by atoms with E-state index in [2.05, 4.69) is 10.6 Å². The zero-order valence-corrected chi connectivity index (χ0v) is 14.1. The van der Waals surface area contributed by atoms with E-state index in [1.807, 2.05) is 19.1 Å². The molecule has 0 aliphatic carbocycles. The average Bonchev–Trinajstić information content (AvgIpc) is 3.26. The van der Waals surface area contributed by atoms with Crippen LogP contribution in [0.1, 0.15) is 40.6 Å². The predicted molar refractivity (Wildman–Crippen MR) is 95.4 cm³/mol. The molecule has 0 radical (unpaired) electrons. The highest BCUT2D eigenvalue weighted by Gasteiger charge is 2.22. The van der Waals surface area contributed by atoms with Gasteiger partial charge in [0.2, 0.25) is 5.91 Å². The summed E-state index contributed by atoms with van der Waals surface area (Å²) in [6.07, 6.45) is 1.31. The van der Waals surface area contributed by atoms with E-state index in [1.165, 1.54) is 6.07 Å². The van der Waals surface area contributed by atoms with Gasteiger partial charge in [0.1, 0.15) is 0 Å². The van der Waals surface area contributed by atoms with Gasteiger partial charge >= 0.3 is 0 Å². The predicted octanol–water partition coefficient (Wildman–Crippen LogP) is 4.08. The van der Waals surface area contributed by atoms with Crippen LogP contribution < -0.4 is 10.6 Å². The van der Waals surface area contributed by atoms with Crippen molar-refractivity contribution in [2.75, 3.05) is 5.32 Å². The normalized spacial score (nSPS) is 16.7. The zero-order valence-electron chi connectivity index (χ0n) is 14.1. The maximum absolute atomic E-state index is 13.8. The van der Waals surface area contributed by atoms with Crippen LogP contribution in [0.3, 0.4) is 0 Å². The molecular weight excluding hydrogens is 335 g/mol. The summed E-state index contributed by atoms with van der Waals surface area (Å²) >= 11 is 0. The topological polar surface area (TPSA) is 71.3 Å². The van der Waals surface area contributed by atoms with Crippen molar-refractivity contribution < 1.29 is 18.4 Å². The fraction of sp³-hybridized carbons (Fsp3) is 0.200. The zero-order chi connectivity index (χ0) is 18.3. The Morgan fingerprint density at radius 3 is 2.65 bits per heavy atom. The maximum atomic E-state index is 13.8. The lowest BCUT2D eigenvalue weighted by Crippen LogP contribution is -2.18. The number of halogens is 1. The van der Waals surface area contributed by atoms with Gasteiger partial charge in [-0.3, -0.25) is 9.59 Å². The standard InChI is InChI=1S/C20H17FN2O3/c1-11-2-7-15(21)19-14(11)10-17(26-19)20(25)22-13-5-3-12(4-6-13)16-8-9-18(24)23-16/h2-7,10,16H,8-9H2,1H3,(H,22,25)(H,23,24). The molecule has 1 aliphatic rings. The maximum Gasteiger partial charge on any atom is 0.291 e. The summed E-state index contributed by atoms with van der Waals surface area (Å²) in [6.45, 7) is 1.83. The lowest BCUT2D eigenvalue weighted by Gasteiger charge is -2.11. The number of benzene rings is 2. The minimum absolute atomic E-state index is 0.0218. The molecule has 1 aliphatic heterocycles. The van der Waals surface area contributed by atoms with Gasteiger partial charge in [0.15, 0.2) is 17.2 Å². The summed E-state index contributed by atoms with van der Waals surface area (Å²) in [7, 11) is 0. The number of aryl methyl sites for hydroxylation is 1. The van der Waals surface area contributed by atoms with E-state index in [0.717, 1.165) is 17.5 Å². The van der Waals surface area contributed by atoms with Gasteiger partial charge in [-0.05, 0) is 48.7 Å². The Morgan fingerprint density at radius 2 is 2.00 bits per heavy atom. The van der Waals surface area contributed by atoms with E-state index >= 15 is 0 Å². The van der Waals surface area contributed by atoms with E-state index in [1.54, 1.807) is 24.3 Å². The number of hydrogen-bond acceptors (Lipinski definition) is 3. The lowest BCUT2D eigenvalue weighted by molar-refractivity contribution is -0.119. The number of fused-ring (bicyclic) bond motifs is 1. The fourth-order valence-electron chi connectivity index (χ4n) is 3.19. The molecule has 1 fully saturated rings. The van der Waals surface area contributed by atoms with Crippen molar-refractivity contribution >= 4 is 28.5 Å². The summed E-state index contributed by atoms with van der Waals surface area (Å²) in [5, 5.41) is 6.23. The van der Waals surface area contributed by atoms with Gasteiger partial charge in [0, 0.05) is 17.5 Å². The van der Waals surface area contributed by atoms with Crippen LogP contribution >= 0.6 is 0 Å². The average molecular weight is 352 g/mol. The molecule has 2 aromatic carbocycles. The van der Waals surface area contributed by atoms with Crippen LogP contribution in [0.5, 0.6) is 0 Å². The molecule has 5 nitrogen and oxygen atoms in total. The third-order valence-corrected chi connectivity index (χ3v) is 4.64. The van der Waals surface area contributed by atoms with Gasteiger partial charge in [-0.15, -0.1) is 0 Å². The van der Waals surface area contributed by atoms with Gasteiger partial charge in [0.05, 0.1) is 6.04 Å². The molecule has 1 unspecified atom stereocenters. The molecule has 0 spiro atoms. The molecule has 3 aromatic rings. The lowest BCUT2D eigenvalue weighted by atomic mass is 10.1. The van der Waals surface area contributed by atoms with Crippen LogP contribution in [0.25, 0.3) is 11.0 Å². The molecule has 2 N–H and O–H groups in total. The van der Waals surface area contributed by atoms with Crippen LogP contribution in [0, 0.1) is 12.7 Å². The molecule has 4 rings (SSSR count). The SMILES string of the molecule is Cc1ccc(F)c2oc(C(=O)Nc3ccc(C4CCC(=O)N4)cc3)cc12. The van der Waals surface area contributed by atoms with Gasteiger partial charge in [-0.1, -0.05) is 18.2 Å². The van der Waals surface area contributed by atoms with Gasteiger partial charge in [-0.2, -0.15) is 0 Å². The molecule has 26 heavy (non-hydrogen) atoms. The molecule has 0 bridgehead atoms. The van der Waals surface area contributed by atoms with E-state index in [0.29, 0.717) is 17.5 Å². The highest BCUT2D eigenvalue weighted by atomic mass is 19.1. The van der Waals surface area contributed by atoms with Crippen LogP contribution in [0.4, 0.5) is 10.1 Å². The Kier molecular flexibility index (Phi) is 3.95. The molecular formula is C20H17FN2O3. The summed E-state index contributed by atoms with van der Waals surface area (Å²) in [5.74, 6) is -0.824. The fourth-order valence-corrected chi connectivity index (χ4v) is 3.19. The molecule has 1 aromatic heterocycles. The molecule has 1 saturated heterocycles. The molecule has 6 heteroatoms. The van der Waals surface area contributed by atoms with Crippen LogP contribution in [-0.2, 0) is 4.79 Å². The second-order valence-corrected chi connectivity index (χ2v) is 6.45. The quantitative estimate of drug-likeness (QED) is 0.746. The number of amides is 2. The minimum Gasteiger partial charge on any atom is -0.448 e. The Labute approximate surface area is 149 Å². The highest BCUT2D eigenvalue weighted by Crippen LogP contribution is 2.27. The Balaban J connectivity index is 1.52. The largest absolute Gasteiger partial charge is 0.448 e. The number of rotatable bonds is 3. The summed E-state index contributed by atoms with van der Waals surface area (Å²) < 4.78 is 19.2. The van der Waals surface area contributed by atoms with Crippen LogP contribution in [0.2, 0.25) is 0 Å². The number of hydrogen-bond donors (Lipinski definition) is 2. The second kappa shape index (κ2) is 6.29. The monoisotopic (exact) mass is 352 g/mol. The number of anilines is 1. The minimum atomic E-state index is -0.493. The molecule has 2 amide bonds. The first-order chi connectivity index (χ1) is 12.5. The van der Waals surface area contributed by atoms with Gasteiger partial charge in [0.25, 0.3) is 5.91 Å². The van der Waals surface area contributed by atoms with E-state index in [-0.39, 0.29) is 23.3 Å². The second-order valence-electron chi connectivity index (χ2n) is 6.45. The molecule has 1 atom stereocenters. The number of nitrogens with one attached hydrogen (secondary N) is 2. The van der Waals surface area contributed by atoms with Crippen LogP contribution in [-0.4, -0.2) is 11.8 Å². The van der Waals surface area contributed by atoms with E-state index in [4.69, 9.17) is 4.42 Å². The Hall–Kier alpha value is -3.15. The van der Waals surface area contributed by atoms with Crippen molar-refractivity contribution in [2.24, 2.45) is 0 Å². The first-order valence-corrected chi connectivity index (χ1v) is 8.40. The van der Waals surface area contributed by atoms with Crippen molar-refractivity contribution in [2.45, 2.75) is 25.8 Å². The van der Waals surface area contributed by atoms with E-state index < -0.39 is 11.7 Å². The van der Waals surface area contributed by atoms with Gasteiger partial charge in [-0.25, -0.2) is 4.39 Å². The smallest absolute Gasteiger partial charge is 0.291 e. The van der Waals surface area contributed by atoms with Crippen molar-refractivity contribution in [3.8, 4) is 0 Å². The summed E-state index contributed by atoms with van der Waals surface area (Å²) in [5.41, 5.74) is 2.52. The van der Waals surface area contributed by atoms with E-state index in [9.17, 15) is 14.0 Å². The summed E-state index contributed by atoms with van der Waals surface area (Å²) in [6, 6.07) is 11.8. The number of furan rings is 1. The third-order valence-electron chi connectivity index (χ3n) is 4.64. The third kappa shape index (κ3) is 2.94. The highest BCUT2D eigenvalue weighted by molar-refractivity contribution is 6.05. The number of carbonyl (C=O) groups excluding carboxylic acids is 2. The first kappa shape index (κ1) is 16.3. The van der Waals surface area contributed by atoms with Crippen molar-refractivity contribution in [3.63, 3.8) is 0 Å². The molecule has 2 heterocycles. The Bertz CT molecular complexity index is 969. The van der Waals surface area contributed by atoms with Crippen molar-refractivity contribution in [3.05, 3.63) is 65.2 Å². The van der Waals surface area contributed by atoms with Crippen LogP contribution in [0.15, 0.2) is 46.9 Å². The molecule has 0 saturated carbocycles. The summed E-state index contributed by atoms with van der Waals surface area (Å²) in [4.78, 5) is 23.7.